The van der Waals surface area contributed by atoms with Gasteiger partial charge in [-0.3, -0.25) is 9.59 Å². The molecule has 1 aromatic heterocycles. The minimum Gasteiger partial charge on any atom is -0.452 e. The summed E-state index contributed by atoms with van der Waals surface area (Å²) in [6.45, 7) is 0.723. The number of halogens is 1. The second-order valence-corrected chi connectivity index (χ2v) is 8.18. The van der Waals surface area contributed by atoms with Crippen LogP contribution in [-0.2, 0) is 27.2 Å². The predicted octanol–water partition coefficient (Wildman–Crippen LogP) is 3.83. The van der Waals surface area contributed by atoms with Crippen molar-refractivity contribution in [1.82, 2.24) is 0 Å². The van der Waals surface area contributed by atoms with Crippen molar-refractivity contribution in [3.8, 4) is 6.07 Å². The van der Waals surface area contributed by atoms with E-state index < -0.39 is 24.3 Å². The number of thiophene rings is 1. The molecule has 2 amide bonds. The molecule has 9 heteroatoms. The lowest BCUT2D eigenvalue weighted by Crippen LogP contribution is -2.36. The molecule has 1 aromatic carbocycles. The fraction of sp³-hybridized carbons (Fsp3) is 0.364. The number of rotatable bonds is 7. The number of nitrogens with one attached hydrogen (secondary N) is 1. The van der Waals surface area contributed by atoms with Gasteiger partial charge < -0.3 is 15.0 Å². The Kier molecular flexibility index (Phi) is 7.36. The summed E-state index contributed by atoms with van der Waals surface area (Å²) in [4.78, 5) is 39.3. The number of nitriles is 1. The summed E-state index contributed by atoms with van der Waals surface area (Å²) in [7, 11) is 0. The van der Waals surface area contributed by atoms with Crippen LogP contribution >= 0.6 is 11.3 Å². The van der Waals surface area contributed by atoms with E-state index in [-0.39, 0.29) is 30.1 Å². The highest BCUT2D eigenvalue weighted by molar-refractivity contribution is 7.17. The molecule has 1 aliphatic rings. The molecule has 1 aliphatic carbocycles. The van der Waals surface area contributed by atoms with Gasteiger partial charge in [-0.2, -0.15) is 5.26 Å². The first kappa shape index (κ1) is 22.4. The van der Waals surface area contributed by atoms with Crippen LogP contribution in [0, 0.1) is 17.1 Å². The number of para-hydroxylation sites is 1. The molecule has 1 N–H and O–H groups in total. The topological polar surface area (TPSA) is 99.5 Å². The highest BCUT2D eigenvalue weighted by Crippen LogP contribution is 2.38. The van der Waals surface area contributed by atoms with Crippen LogP contribution < -0.4 is 10.2 Å². The van der Waals surface area contributed by atoms with Crippen molar-refractivity contribution >= 4 is 39.8 Å². The maximum atomic E-state index is 14.2. The van der Waals surface area contributed by atoms with Crippen LogP contribution in [0.4, 0.5) is 15.1 Å². The van der Waals surface area contributed by atoms with Gasteiger partial charge in [-0.25, -0.2) is 9.18 Å². The number of esters is 1. The number of carbonyl (C=O) groups is 3. The van der Waals surface area contributed by atoms with Gasteiger partial charge >= 0.3 is 5.97 Å². The molecular formula is C22H22FN3O4S. The zero-order chi connectivity index (χ0) is 22.4. The molecule has 2 aromatic rings. The summed E-state index contributed by atoms with van der Waals surface area (Å²) >= 11 is 1.36. The van der Waals surface area contributed by atoms with Crippen molar-refractivity contribution in [2.24, 2.45) is 0 Å². The molecule has 0 spiro atoms. The van der Waals surface area contributed by atoms with Crippen molar-refractivity contribution in [2.75, 3.05) is 23.4 Å². The van der Waals surface area contributed by atoms with Crippen LogP contribution in [0.2, 0.25) is 0 Å². The normalized spacial score (nSPS) is 12.4. The Bertz CT molecular complexity index is 1040. The molecule has 0 saturated heterocycles. The number of amides is 2. The Morgan fingerprint density at radius 3 is 2.71 bits per heavy atom. The van der Waals surface area contributed by atoms with E-state index in [4.69, 9.17) is 10.00 Å². The minimum atomic E-state index is -0.703. The zero-order valence-corrected chi connectivity index (χ0v) is 17.9. The molecule has 0 fully saturated rings. The number of fused-ring (bicyclic) bond motifs is 1. The lowest BCUT2D eigenvalue weighted by atomic mass is 9.95. The van der Waals surface area contributed by atoms with Crippen molar-refractivity contribution in [2.45, 2.75) is 39.0 Å². The van der Waals surface area contributed by atoms with Gasteiger partial charge in [0.15, 0.2) is 6.61 Å². The first-order valence-electron chi connectivity index (χ1n) is 9.93. The van der Waals surface area contributed by atoms with Crippen LogP contribution in [0.1, 0.15) is 47.0 Å². The van der Waals surface area contributed by atoms with Crippen molar-refractivity contribution in [3.05, 3.63) is 46.1 Å². The van der Waals surface area contributed by atoms with Gasteiger partial charge in [0.1, 0.15) is 10.8 Å². The number of benzene rings is 1. The third-order valence-electron chi connectivity index (χ3n) is 4.88. The molecule has 0 radical (unpaired) electrons. The Morgan fingerprint density at radius 1 is 1.26 bits per heavy atom. The summed E-state index contributed by atoms with van der Waals surface area (Å²) in [5, 5.41) is 12.0. The average molecular weight is 444 g/mol. The number of carbonyl (C=O) groups excluding carboxylic acids is 3. The molecule has 0 saturated carbocycles. The lowest BCUT2D eigenvalue weighted by Gasteiger charge is -2.22. The van der Waals surface area contributed by atoms with Gasteiger partial charge in [0, 0.05) is 18.3 Å². The van der Waals surface area contributed by atoms with Gasteiger partial charge in [-0.15, -0.1) is 11.3 Å². The Balaban J connectivity index is 1.78. The van der Waals surface area contributed by atoms with E-state index >= 15 is 0 Å². The minimum absolute atomic E-state index is 0.00125. The Hall–Kier alpha value is -3.25. The first-order chi connectivity index (χ1) is 14.9. The predicted molar refractivity (Wildman–Crippen MR) is 115 cm³/mol. The van der Waals surface area contributed by atoms with Crippen LogP contribution in [0.5, 0.6) is 0 Å². The smallest absolute Gasteiger partial charge is 0.341 e. The molecule has 0 unspecified atom stereocenters. The Morgan fingerprint density at radius 2 is 2.00 bits per heavy atom. The first-order valence-corrected chi connectivity index (χ1v) is 10.7. The number of anilines is 2. The van der Waals surface area contributed by atoms with Gasteiger partial charge in [-0.1, -0.05) is 12.1 Å². The van der Waals surface area contributed by atoms with Crippen LogP contribution in [0.15, 0.2) is 24.3 Å². The molecule has 1 heterocycles. The van der Waals surface area contributed by atoms with E-state index in [9.17, 15) is 18.8 Å². The third kappa shape index (κ3) is 5.27. The fourth-order valence-electron chi connectivity index (χ4n) is 3.52. The van der Waals surface area contributed by atoms with E-state index in [2.05, 4.69) is 5.32 Å². The maximum absolute atomic E-state index is 14.2. The zero-order valence-electron chi connectivity index (χ0n) is 17.1. The highest BCUT2D eigenvalue weighted by Gasteiger charge is 2.28. The van der Waals surface area contributed by atoms with Gasteiger partial charge in [0.2, 0.25) is 5.91 Å². The van der Waals surface area contributed by atoms with Crippen LogP contribution in [0.25, 0.3) is 0 Å². The van der Waals surface area contributed by atoms with Crippen LogP contribution in [0.3, 0.4) is 0 Å². The summed E-state index contributed by atoms with van der Waals surface area (Å²) in [6, 6.07) is 7.64. The Labute approximate surface area is 183 Å². The second kappa shape index (κ2) is 10.2. The van der Waals surface area contributed by atoms with E-state index in [1.807, 2.05) is 6.07 Å². The molecule has 7 nitrogen and oxygen atoms in total. The standard InChI is InChI=1S/C22H22FN3O4S/c1-14(27)25-21-20(15-7-2-5-10-18(15)31-21)22(29)30-13-19(28)26(12-6-11-24)17-9-4-3-8-16(17)23/h3-4,8-9H,2,5-7,10,12-13H2,1H3,(H,25,27). The number of hydrogen-bond acceptors (Lipinski definition) is 6. The van der Waals surface area contributed by atoms with Crippen molar-refractivity contribution < 1.29 is 23.5 Å². The molecule has 31 heavy (non-hydrogen) atoms. The third-order valence-corrected chi connectivity index (χ3v) is 6.09. The number of hydrogen-bond donors (Lipinski definition) is 1. The van der Waals surface area contributed by atoms with Crippen molar-refractivity contribution in [1.29, 1.82) is 5.26 Å². The largest absolute Gasteiger partial charge is 0.452 e. The van der Waals surface area contributed by atoms with Crippen molar-refractivity contribution in [3.63, 3.8) is 0 Å². The second-order valence-electron chi connectivity index (χ2n) is 7.08. The highest BCUT2D eigenvalue weighted by atomic mass is 32.1. The maximum Gasteiger partial charge on any atom is 0.341 e. The molecule has 3 rings (SSSR count). The summed E-state index contributed by atoms with van der Waals surface area (Å²) in [6.07, 6.45) is 3.47. The van der Waals surface area contributed by atoms with E-state index in [0.717, 1.165) is 34.6 Å². The summed E-state index contributed by atoms with van der Waals surface area (Å²) in [5.74, 6) is -2.25. The number of ether oxygens (including phenoxy) is 1. The van der Waals surface area contributed by atoms with E-state index in [1.54, 1.807) is 6.07 Å². The SMILES string of the molecule is CC(=O)Nc1sc2c(c1C(=O)OCC(=O)N(CCC#N)c1ccccc1F)CCCC2. The van der Waals surface area contributed by atoms with Gasteiger partial charge in [0.25, 0.3) is 5.91 Å². The average Bonchev–Trinajstić information content (AvgIpc) is 3.10. The quantitative estimate of drug-likeness (QED) is 0.656. The van der Waals surface area contributed by atoms with Gasteiger partial charge in [0.05, 0.1) is 23.7 Å². The molecule has 162 valence electrons. The number of nitrogens with zero attached hydrogens (tertiary/aromatic N) is 2. The van der Waals surface area contributed by atoms with E-state index in [1.165, 1.54) is 36.5 Å². The van der Waals surface area contributed by atoms with Crippen LogP contribution in [-0.4, -0.2) is 30.9 Å². The van der Waals surface area contributed by atoms with Gasteiger partial charge in [-0.05, 0) is 43.4 Å². The van der Waals surface area contributed by atoms with E-state index in [0.29, 0.717) is 11.4 Å². The molecule has 0 aliphatic heterocycles. The molecule has 0 bridgehead atoms. The monoisotopic (exact) mass is 443 g/mol. The number of aryl methyl sites for hydroxylation is 1. The lowest BCUT2D eigenvalue weighted by molar-refractivity contribution is -0.121. The summed E-state index contributed by atoms with van der Waals surface area (Å²) < 4.78 is 19.5. The molecule has 0 atom stereocenters. The summed E-state index contributed by atoms with van der Waals surface area (Å²) in [5.41, 5.74) is 1.16. The molecular weight excluding hydrogens is 421 g/mol. The fourth-order valence-corrected chi connectivity index (χ4v) is 4.84.